The van der Waals surface area contributed by atoms with Crippen molar-refractivity contribution in [1.29, 1.82) is 0 Å². The lowest BCUT2D eigenvalue weighted by Gasteiger charge is -2.45. The minimum absolute atomic E-state index is 0.877. The number of aryl methyl sites for hydroxylation is 1. The van der Waals surface area contributed by atoms with E-state index in [1.54, 1.807) is 11.1 Å². The molecule has 0 saturated heterocycles. The number of hydrogen-bond donors (Lipinski definition) is 0. The van der Waals surface area contributed by atoms with Gasteiger partial charge in [0, 0.05) is 0 Å². The highest BCUT2D eigenvalue weighted by Gasteiger charge is 2.38. The molecule has 178 valence electrons. The smallest absolute Gasteiger partial charge is 0.119 e. The van der Waals surface area contributed by atoms with E-state index in [1.165, 1.54) is 96.3 Å². The molecule has 1 aromatic carbocycles. The normalized spacial score (nSPS) is 30.1. The topological polar surface area (TPSA) is 9.23 Å². The molecule has 0 N–H and O–H groups in total. The van der Waals surface area contributed by atoms with Gasteiger partial charge in [-0.25, -0.2) is 0 Å². The van der Waals surface area contributed by atoms with E-state index in [4.69, 9.17) is 4.74 Å². The molecule has 32 heavy (non-hydrogen) atoms. The average molecular weight is 437 g/mol. The first-order chi connectivity index (χ1) is 15.8. The summed E-state index contributed by atoms with van der Waals surface area (Å²) in [6.45, 7) is 5.30. The molecule has 1 nitrogen and oxygen atoms in total. The van der Waals surface area contributed by atoms with Crippen LogP contribution in [0, 0.1) is 29.6 Å². The molecule has 3 aliphatic carbocycles. The molecule has 1 heteroatoms. The number of allylic oxidation sites excluding steroid dienone is 2. The summed E-state index contributed by atoms with van der Waals surface area (Å²) in [4.78, 5) is 0. The number of rotatable bonds is 10. The summed E-state index contributed by atoms with van der Waals surface area (Å²) in [7, 11) is 0. The van der Waals surface area contributed by atoms with Crippen molar-refractivity contribution in [3.63, 3.8) is 0 Å². The Kier molecular flexibility index (Phi) is 9.18. The van der Waals surface area contributed by atoms with Gasteiger partial charge in [0.05, 0.1) is 6.61 Å². The summed E-state index contributed by atoms with van der Waals surface area (Å²) in [6, 6.07) is 6.99. The van der Waals surface area contributed by atoms with E-state index in [-0.39, 0.29) is 0 Å². The van der Waals surface area contributed by atoms with Crippen molar-refractivity contribution in [2.24, 2.45) is 29.6 Å². The number of ether oxygens (including phenoxy) is 1. The maximum absolute atomic E-state index is 6.06. The second-order valence-electron chi connectivity index (χ2n) is 11.3. The third kappa shape index (κ3) is 6.42. The molecule has 0 spiro atoms. The molecule has 0 radical (unpaired) electrons. The third-order valence-corrected chi connectivity index (χ3v) is 9.12. The standard InChI is InChI=1S/C31H48O/c1-3-5-7-9-19-32-31-18-17-29-22-28(15-16-30(29)23-31)27-14-13-25-20-24(10-8-6-4-2)11-12-26(25)21-27/h4,6,17-18,23-28H,3,5,7-16,19-22H2,1-2H3/b6-4+. The summed E-state index contributed by atoms with van der Waals surface area (Å²) in [5.41, 5.74) is 3.19. The van der Waals surface area contributed by atoms with Crippen LogP contribution >= 0.6 is 0 Å². The van der Waals surface area contributed by atoms with E-state index >= 15 is 0 Å². The zero-order valence-corrected chi connectivity index (χ0v) is 21.0. The Morgan fingerprint density at radius 1 is 0.875 bits per heavy atom. The van der Waals surface area contributed by atoms with E-state index in [0.717, 1.165) is 41.9 Å². The van der Waals surface area contributed by atoms with Gasteiger partial charge in [0.1, 0.15) is 5.75 Å². The van der Waals surface area contributed by atoms with Crippen LogP contribution in [0.4, 0.5) is 0 Å². The summed E-state index contributed by atoms with van der Waals surface area (Å²) in [5, 5.41) is 0. The minimum atomic E-state index is 0.877. The quantitative estimate of drug-likeness (QED) is 0.263. The Balaban J connectivity index is 1.24. The lowest BCUT2D eigenvalue weighted by Crippen LogP contribution is -2.35. The number of benzene rings is 1. The predicted octanol–water partition coefficient (Wildman–Crippen LogP) is 8.94. The van der Waals surface area contributed by atoms with E-state index in [0.29, 0.717) is 0 Å². The Morgan fingerprint density at radius 3 is 2.53 bits per heavy atom. The van der Waals surface area contributed by atoms with Crippen molar-refractivity contribution in [1.82, 2.24) is 0 Å². The van der Waals surface area contributed by atoms with Crippen LogP contribution in [0.1, 0.15) is 108 Å². The lowest BCUT2D eigenvalue weighted by atomic mass is 9.61. The molecule has 3 aliphatic rings. The first-order valence-electron chi connectivity index (χ1n) is 14.1. The summed E-state index contributed by atoms with van der Waals surface area (Å²) >= 11 is 0. The van der Waals surface area contributed by atoms with Crippen LogP contribution in [0.25, 0.3) is 0 Å². The molecule has 1 aromatic rings. The van der Waals surface area contributed by atoms with Gasteiger partial charge in [0.15, 0.2) is 0 Å². The fraction of sp³-hybridized carbons (Fsp3) is 0.742. The zero-order chi connectivity index (χ0) is 22.2. The highest BCUT2D eigenvalue weighted by Crippen LogP contribution is 2.49. The van der Waals surface area contributed by atoms with Gasteiger partial charge in [-0.1, -0.05) is 50.8 Å². The van der Waals surface area contributed by atoms with Crippen molar-refractivity contribution in [3.8, 4) is 5.75 Å². The van der Waals surface area contributed by atoms with Crippen LogP contribution in [0.15, 0.2) is 30.4 Å². The molecule has 0 bridgehead atoms. The lowest BCUT2D eigenvalue weighted by molar-refractivity contribution is 0.0699. The molecule has 2 fully saturated rings. The van der Waals surface area contributed by atoms with Gasteiger partial charge >= 0.3 is 0 Å². The van der Waals surface area contributed by atoms with Crippen molar-refractivity contribution >= 4 is 0 Å². The molecule has 5 unspecified atom stereocenters. The largest absolute Gasteiger partial charge is 0.494 e. The van der Waals surface area contributed by atoms with Crippen LogP contribution in [0.3, 0.4) is 0 Å². The van der Waals surface area contributed by atoms with Crippen molar-refractivity contribution in [3.05, 3.63) is 41.5 Å². The summed E-state index contributed by atoms with van der Waals surface area (Å²) in [6.07, 6.45) is 25.5. The van der Waals surface area contributed by atoms with Crippen LogP contribution < -0.4 is 4.74 Å². The molecular weight excluding hydrogens is 388 g/mol. The van der Waals surface area contributed by atoms with Crippen molar-refractivity contribution in [2.75, 3.05) is 6.61 Å². The number of fused-ring (bicyclic) bond motifs is 2. The summed E-state index contributed by atoms with van der Waals surface area (Å²) in [5.74, 6) is 6.11. The maximum Gasteiger partial charge on any atom is 0.119 e. The maximum atomic E-state index is 6.06. The summed E-state index contributed by atoms with van der Waals surface area (Å²) < 4.78 is 6.06. The molecule has 0 aliphatic heterocycles. The minimum Gasteiger partial charge on any atom is -0.494 e. The SMILES string of the molecule is C/C=C/CCC1CCC2CC(C3CCc4cc(OCCCCCC)ccc4C3)CCC2C1. The molecule has 0 amide bonds. The molecule has 4 rings (SSSR count). The van der Waals surface area contributed by atoms with Crippen molar-refractivity contribution < 1.29 is 4.74 Å². The second-order valence-corrected chi connectivity index (χ2v) is 11.3. The van der Waals surface area contributed by atoms with Gasteiger partial charge in [0.2, 0.25) is 0 Å². The Bertz CT molecular complexity index is 719. The monoisotopic (exact) mass is 436 g/mol. The Labute approximate surface area is 198 Å². The first kappa shape index (κ1) is 23.9. The van der Waals surface area contributed by atoms with Gasteiger partial charge in [-0.3, -0.25) is 0 Å². The molecule has 0 aromatic heterocycles. The Morgan fingerprint density at radius 2 is 1.69 bits per heavy atom. The van der Waals surface area contributed by atoms with Crippen LogP contribution in [0.5, 0.6) is 5.75 Å². The average Bonchev–Trinajstić information content (AvgIpc) is 2.83. The highest BCUT2D eigenvalue weighted by molar-refractivity contribution is 5.37. The van der Waals surface area contributed by atoms with E-state index in [1.807, 2.05) is 0 Å². The third-order valence-electron chi connectivity index (χ3n) is 9.12. The van der Waals surface area contributed by atoms with E-state index in [2.05, 4.69) is 44.2 Å². The predicted molar refractivity (Wildman–Crippen MR) is 137 cm³/mol. The van der Waals surface area contributed by atoms with Crippen LogP contribution in [0.2, 0.25) is 0 Å². The van der Waals surface area contributed by atoms with Gasteiger partial charge < -0.3 is 4.74 Å². The molecular formula is C31H48O. The molecule has 2 saturated carbocycles. The van der Waals surface area contributed by atoms with E-state index < -0.39 is 0 Å². The highest BCUT2D eigenvalue weighted by atomic mass is 16.5. The zero-order valence-electron chi connectivity index (χ0n) is 21.0. The molecule has 0 heterocycles. The first-order valence-corrected chi connectivity index (χ1v) is 14.1. The van der Waals surface area contributed by atoms with Gasteiger partial charge in [-0.05, 0) is 130 Å². The Hall–Kier alpha value is -1.24. The van der Waals surface area contributed by atoms with Crippen LogP contribution in [-0.4, -0.2) is 6.61 Å². The van der Waals surface area contributed by atoms with E-state index in [9.17, 15) is 0 Å². The fourth-order valence-electron chi connectivity index (χ4n) is 7.18. The fourth-order valence-corrected chi connectivity index (χ4v) is 7.18. The number of unbranched alkanes of at least 4 members (excludes halogenated alkanes) is 3. The number of hydrogen-bond acceptors (Lipinski definition) is 1. The van der Waals surface area contributed by atoms with Crippen molar-refractivity contribution in [2.45, 2.75) is 110 Å². The second kappa shape index (κ2) is 12.3. The van der Waals surface area contributed by atoms with Gasteiger partial charge in [0.25, 0.3) is 0 Å². The molecule has 5 atom stereocenters. The van der Waals surface area contributed by atoms with Gasteiger partial charge in [-0.15, -0.1) is 0 Å². The van der Waals surface area contributed by atoms with Crippen LogP contribution in [-0.2, 0) is 12.8 Å². The van der Waals surface area contributed by atoms with Gasteiger partial charge in [-0.2, -0.15) is 0 Å².